The number of nitrogens with zero attached hydrogens (tertiary/aromatic N) is 1. The van der Waals surface area contributed by atoms with Gasteiger partial charge in [-0.15, -0.1) is 11.6 Å². The fourth-order valence-electron chi connectivity index (χ4n) is 3.02. The molecule has 2 fully saturated rings. The van der Waals surface area contributed by atoms with Gasteiger partial charge in [0.1, 0.15) is 11.0 Å². The van der Waals surface area contributed by atoms with Crippen molar-refractivity contribution in [3.05, 3.63) is 33.1 Å². The third-order valence-electron chi connectivity index (χ3n) is 4.38. The number of nitrogens with one attached hydrogen (secondary N) is 1. The van der Waals surface area contributed by atoms with Crippen molar-refractivity contribution in [2.24, 2.45) is 0 Å². The Bertz CT molecular complexity index is 1150. The zero-order valence-corrected chi connectivity index (χ0v) is 18.0. The molecule has 0 spiro atoms. The summed E-state index contributed by atoms with van der Waals surface area (Å²) < 4.78 is 65.8. The summed E-state index contributed by atoms with van der Waals surface area (Å²) in [5, 5.41) is 8.89. The van der Waals surface area contributed by atoms with E-state index in [-0.39, 0.29) is 0 Å². The third kappa shape index (κ3) is 4.52. The number of rotatable bonds is 8. The second kappa shape index (κ2) is 7.64. The van der Waals surface area contributed by atoms with Gasteiger partial charge in [0.05, 0.1) is 6.61 Å². The average Bonchev–Trinajstić information content (AvgIpc) is 2.92. The highest BCUT2D eigenvalue weighted by Gasteiger charge is 2.88. The van der Waals surface area contributed by atoms with Gasteiger partial charge >= 0.3 is 29.2 Å². The molecular weight excluding hydrogens is 519 g/mol. The third-order valence-corrected chi connectivity index (χ3v) is 8.84. The van der Waals surface area contributed by atoms with Gasteiger partial charge in [0.25, 0.3) is 5.56 Å². The number of phosphoric ester groups is 1. The van der Waals surface area contributed by atoms with Crippen LogP contribution >= 0.6 is 35.1 Å². The molecule has 21 heteroatoms. The number of H-pyrrole nitrogens is 1. The van der Waals surface area contributed by atoms with Gasteiger partial charge in [0.15, 0.2) is 18.0 Å². The van der Waals surface area contributed by atoms with Gasteiger partial charge in [-0.05, 0) is 0 Å². The molecule has 31 heavy (non-hydrogen) atoms. The summed E-state index contributed by atoms with van der Waals surface area (Å²) in [6, 6.07) is 0.850. The molecule has 16 nitrogen and oxygen atoms in total. The molecule has 6 N–H and O–H groups in total. The normalized spacial score (nSPS) is 36.4. The molecule has 2 aliphatic rings. The molecular formula is C10H13ClFN2O14P3. The SMILES string of the molecule is O=c1ccn(C2OC3(COP(=O)(O)OP(=O)(O)OP(=O)(O)O)C(Cl)C3(O)C2F)c(=O)[nH]1. The van der Waals surface area contributed by atoms with Gasteiger partial charge in [-0.2, -0.15) is 8.62 Å². The molecule has 2 heterocycles. The van der Waals surface area contributed by atoms with Crippen LogP contribution in [-0.2, 0) is 31.6 Å². The Kier molecular flexibility index (Phi) is 6.13. The molecule has 1 aromatic rings. The van der Waals surface area contributed by atoms with Crippen LogP contribution in [-0.4, -0.2) is 63.6 Å². The average molecular weight is 533 g/mol. The topological polar surface area (TPSA) is 244 Å². The maximum atomic E-state index is 14.8. The standard InChI is InChI=1S/C10H13ClFN2O14P3/c11-7-9(3-25-30(21,22)28-31(23,24)27-29(18,19)20)10(7,17)5(12)6(26-9)14-2-1-4(15)13-8(14)16/h1-2,5-7,17H,3H2,(H,21,22)(H,23,24)(H,13,15,16)(H2,18,19,20). The van der Waals surface area contributed by atoms with Crippen LogP contribution in [0.1, 0.15) is 6.23 Å². The quantitative estimate of drug-likeness (QED) is 0.171. The zero-order chi connectivity index (χ0) is 23.6. The Balaban J connectivity index is 1.78. The Morgan fingerprint density at radius 1 is 1.19 bits per heavy atom. The van der Waals surface area contributed by atoms with E-state index >= 15 is 0 Å². The first-order chi connectivity index (χ1) is 13.9. The summed E-state index contributed by atoms with van der Waals surface area (Å²) in [5.74, 6) is 0. The largest absolute Gasteiger partial charge is 0.490 e. The van der Waals surface area contributed by atoms with Gasteiger partial charge in [-0.3, -0.25) is 18.9 Å². The van der Waals surface area contributed by atoms with Crippen molar-refractivity contribution >= 4 is 35.1 Å². The number of fused-ring (bicyclic) bond motifs is 1. The van der Waals surface area contributed by atoms with Gasteiger partial charge in [-0.25, -0.2) is 22.9 Å². The van der Waals surface area contributed by atoms with Crippen LogP contribution in [0.25, 0.3) is 0 Å². The maximum absolute atomic E-state index is 14.8. The minimum Gasteiger partial charge on any atom is -0.382 e. The highest BCUT2D eigenvalue weighted by Crippen LogP contribution is 2.69. The first-order valence-corrected chi connectivity index (χ1v) is 12.7. The highest BCUT2D eigenvalue weighted by atomic mass is 35.5. The first-order valence-electron chi connectivity index (χ1n) is 7.72. The maximum Gasteiger partial charge on any atom is 0.490 e. The fourth-order valence-corrected chi connectivity index (χ4v) is 6.60. The number of hydrogen-bond acceptors (Lipinski definition) is 10. The number of hydrogen-bond donors (Lipinski definition) is 6. The van der Waals surface area contributed by atoms with E-state index in [4.69, 9.17) is 31.0 Å². The zero-order valence-electron chi connectivity index (χ0n) is 14.5. The lowest BCUT2D eigenvalue weighted by Crippen LogP contribution is -2.39. The second-order valence-corrected chi connectivity index (χ2v) is 11.2. The molecule has 3 rings (SSSR count). The van der Waals surface area contributed by atoms with Crippen molar-refractivity contribution < 1.29 is 60.6 Å². The van der Waals surface area contributed by atoms with Gasteiger partial charge < -0.3 is 29.4 Å². The van der Waals surface area contributed by atoms with Gasteiger partial charge in [-0.1, -0.05) is 0 Å². The summed E-state index contributed by atoms with van der Waals surface area (Å²) in [5.41, 5.74) is -6.73. The summed E-state index contributed by atoms with van der Waals surface area (Å²) in [4.78, 5) is 60.4. The minimum absolute atomic E-state index is 0.562. The van der Waals surface area contributed by atoms with E-state index in [0.717, 1.165) is 12.3 Å². The van der Waals surface area contributed by atoms with Gasteiger partial charge in [0, 0.05) is 12.3 Å². The predicted octanol–water partition coefficient (Wildman–Crippen LogP) is -1.16. The van der Waals surface area contributed by atoms with Crippen LogP contribution in [0.3, 0.4) is 0 Å². The Hall–Kier alpha value is -0.770. The van der Waals surface area contributed by atoms with Crippen LogP contribution in [0.15, 0.2) is 21.9 Å². The van der Waals surface area contributed by atoms with E-state index in [1.807, 2.05) is 4.98 Å². The molecule has 1 aliphatic heterocycles. The number of halogens is 2. The smallest absolute Gasteiger partial charge is 0.382 e. The van der Waals surface area contributed by atoms with E-state index in [2.05, 4.69) is 13.1 Å². The van der Waals surface area contributed by atoms with Crippen molar-refractivity contribution in [3.8, 4) is 0 Å². The van der Waals surface area contributed by atoms with E-state index in [1.165, 1.54) is 0 Å². The number of phosphoric acid groups is 3. The van der Waals surface area contributed by atoms with E-state index in [0.29, 0.717) is 4.57 Å². The molecule has 0 bridgehead atoms. The molecule has 0 aromatic carbocycles. The Morgan fingerprint density at radius 2 is 1.81 bits per heavy atom. The molecule has 7 unspecified atom stereocenters. The summed E-state index contributed by atoms with van der Waals surface area (Å²) in [6.45, 7) is -1.24. The fraction of sp³-hybridized carbons (Fsp3) is 0.600. The van der Waals surface area contributed by atoms with Crippen molar-refractivity contribution in [2.45, 2.75) is 29.0 Å². The number of alkyl halides is 2. The van der Waals surface area contributed by atoms with E-state index in [1.54, 1.807) is 0 Å². The predicted molar refractivity (Wildman–Crippen MR) is 93.5 cm³/mol. The van der Waals surface area contributed by atoms with Crippen LogP contribution < -0.4 is 11.2 Å². The molecule has 176 valence electrons. The van der Waals surface area contributed by atoms with Crippen molar-refractivity contribution in [2.75, 3.05) is 6.61 Å². The van der Waals surface area contributed by atoms with Crippen LogP contribution in [0.2, 0.25) is 0 Å². The van der Waals surface area contributed by atoms with Crippen molar-refractivity contribution in [1.82, 2.24) is 9.55 Å². The van der Waals surface area contributed by atoms with E-state index < -0.39 is 70.3 Å². The molecule has 1 saturated carbocycles. The first kappa shape index (κ1) is 24.9. The molecule has 0 amide bonds. The summed E-state index contributed by atoms with van der Waals surface area (Å²) >= 11 is 5.83. The second-order valence-electron chi connectivity index (χ2n) is 6.37. The lowest BCUT2D eigenvalue weighted by Gasteiger charge is -2.22. The number of aromatic amines is 1. The summed E-state index contributed by atoms with van der Waals surface area (Å²) in [7, 11) is -17.1. The number of aromatic nitrogens is 2. The lowest BCUT2D eigenvalue weighted by atomic mass is 10.1. The molecule has 1 aliphatic carbocycles. The summed E-state index contributed by atoms with van der Waals surface area (Å²) in [6.07, 6.45) is -3.40. The molecule has 7 atom stereocenters. The van der Waals surface area contributed by atoms with E-state index in [9.17, 15) is 37.7 Å². The highest BCUT2D eigenvalue weighted by molar-refractivity contribution is 7.66. The van der Waals surface area contributed by atoms with Crippen LogP contribution in [0.4, 0.5) is 4.39 Å². The van der Waals surface area contributed by atoms with Crippen LogP contribution in [0, 0.1) is 0 Å². The van der Waals surface area contributed by atoms with Gasteiger partial charge in [0.2, 0.25) is 0 Å². The van der Waals surface area contributed by atoms with Crippen LogP contribution in [0.5, 0.6) is 0 Å². The number of aliphatic hydroxyl groups is 1. The Morgan fingerprint density at radius 3 is 2.35 bits per heavy atom. The Labute approximate surface area is 174 Å². The number of ether oxygens (including phenoxy) is 1. The monoisotopic (exact) mass is 532 g/mol. The minimum atomic E-state index is -5.81. The van der Waals surface area contributed by atoms with Crippen molar-refractivity contribution in [3.63, 3.8) is 0 Å². The molecule has 1 saturated heterocycles. The molecule has 0 radical (unpaired) electrons. The molecule has 1 aromatic heterocycles. The lowest BCUT2D eigenvalue weighted by molar-refractivity contribution is -0.0769. The van der Waals surface area contributed by atoms with Crippen molar-refractivity contribution in [1.29, 1.82) is 0 Å².